The number of rotatable bonds is 5. The fourth-order valence-electron chi connectivity index (χ4n) is 2.79. The van der Waals surface area contributed by atoms with Gasteiger partial charge in [0.1, 0.15) is 0 Å². The molecule has 2 rings (SSSR count). The SMILES string of the molecule is CN(C)C/C=C/C(=O)NC1CCC(O)(c2cccnc2)CC1. The van der Waals surface area contributed by atoms with Crippen LogP contribution in [0.25, 0.3) is 0 Å². The Kier molecular flexibility index (Phi) is 5.69. The first-order valence-electron chi connectivity index (χ1n) is 7.74. The molecule has 1 aromatic heterocycles. The average molecular weight is 303 g/mol. The minimum atomic E-state index is -0.809. The molecule has 22 heavy (non-hydrogen) atoms. The van der Waals surface area contributed by atoms with Crippen LogP contribution < -0.4 is 5.32 Å². The van der Waals surface area contributed by atoms with E-state index in [0.29, 0.717) is 12.8 Å². The quantitative estimate of drug-likeness (QED) is 0.808. The summed E-state index contributed by atoms with van der Waals surface area (Å²) in [6.45, 7) is 0.749. The number of carbonyl (C=O) groups is 1. The minimum Gasteiger partial charge on any atom is -0.385 e. The van der Waals surface area contributed by atoms with Crippen LogP contribution in [0.1, 0.15) is 31.2 Å². The largest absolute Gasteiger partial charge is 0.385 e. The molecule has 0 spiro atoms. The van der Waals surface area contributed by atoms with Crippen LogP contribution in [0.2, 0.25) is 0 Å². The number of hydrogen-bond donors (Lipinski definition) is 2. The van der Waals surface area contributed by atoms with E-state index < -0.39 is 5.60 Å². The zero-order valence-electron chi connectivity index (χ0n) is 13.3. The molecule has 1 saturated carbocycles. The Bertz CT molecular complexity index is 506. The Labute approximate surface area is 132 Å². The normalized spacial score (nSPS) is 25.5. The third-order valence-electron chi connectivity index (χ3n) is 4.10. The molecule has 1 fully saturated rings. The van der Waals surface area contributed by atoms with Crippen molar-refractivity contribution in [1.82, 2.24) is 15.2 Å². The fraction of sp³-hybridized carbons (Fsp3) is 0.529. The maximum atomic E-state index is 11.8. The van der Waals surface area contributed by atoms with Gasteiger partial charge in [-0.25, -0.2) is 0 Å². The Morgan fingerprint density at radius 2 is 2.23 bits per heavy atom. The van der Waals surface area contributed by atoms with Crippen LogP contribution in [-0.2, 0) is 10.4 Å². The molecular formula is C17H25N3O2. The molecule has 0 atom stereocenters. The topological polar surface area (TPSA) is 65.5 Å². The summed E-state index contributed by atoms with van der Waals surface area (Å²) in [5.74, 6) is -0.0568. The van der Waals surface area contributed by atoms with E-state index in [2.05, 4.69) is 10.3 Å². The summed E-state index contributed by atoms with van der Waals surface area (Å²) in [5, 5.41) is 13.7. The highest BCUT2D eigenvalue weighted by molar-refractivity contribution is 5.87. The van der Waals surface area contributed by atoms with Gasteiger partial charge in [-0.05, 0) is 45.8 Å². The van der Waals surface area contributed by atoms with Crippen molar-refractivity contribution >= 4 is 5.91 Å². The monoisotopic (exact) mass is 303 g/mol. The predicted molar refractivity (Wildman–Crippen MR) is 86.2 cm³/mol. The summed E-state index contributed by atoms with van der Waals surface area (Å²) in [6, 6.07) is 3.89. The maximum absolute atomic E-state index is 11.8. The molecule has 0 aliphatic heterocycles. The Morgan fingerprint density at radius 1 is 1.50 bits per heavy atom. The molecule has 1 amide bonds. The van der Waals surface area contributed by atoms with Crippen molar-refractivity contribution in [3.63, 3.8) is 0 Å². The summed E-state index contributed by atoms with van der Waals surface area (Å²) >= 11 is 0. The predicted octanol–water partition coefficient (Wildman–Crippen LogP) is 1.45. The number of pyridine rings is 1. The molecule has 5 heteroatoms. The van der Waals surface area contributed by atoms with Gasteiger partial charge in [-0.3, -0.25) is 9.78 Å². The van der Waals surface area contributed by atoms with E-state index in [-0.39, 0.29) is 11.9 Å². The molecule has 2 N–H and O–H groups in total. The van der Waals surface area contributed by atoms with Crippen molar-refractivity contribution in [2.24, 2.45) is 0 Å². The Morgan fingerprint density at radius 3 is 2.82 bits per heavy atom. The van der Waals surface area contributed by atoms with Gasteiger partial charge in [-0.1, -0.05) is 12.1 Å². The van der Waals surface area contributed by atoms with Crippen LogP contribution in [-0.4, -0.2) is 47.6 Å². The standard InChI is InChI=1S/C17H25N3O2/c1-20(2)12-4-6-16(21)19-15-7-9-17(22,10-8-15)14-5-3-11-18-13-14/h3-6,11,13,15,22H,7-10,12H2,1-2H3,(H,19,21)/b6-4+. The van der Waals surface area contributed by atoms with E-state index in [9.17, 15) is 9.90 Å². The summed E-state index contributed by atoms with van der Waals surface area (Å²) < 4.78 is 0. The van der Waals surface area contributed by atoms with E-state index >= 15 is 0 Å². The third-order valence-corrected chi connectivity index (χ3v) is 4.10. The number of aromatic nitrogens is 1. The number of aliphatic hydroxyl groups is 1. The second-order valence-corrected chi connectivity index (χ2v) is 6.22. The molecule has 1 aliphatic carbocycles. The first-order valence-corrected chi connectivity index (χ1v) is 7.74. The minimum absolute atomic E-state index is 0.0568. The lowest BCUT2D eigenvalue weighted by Crippen LogP contribution is -2.41. The van der Waals surface area contributed by atoms with Crippen LogP contribution in [0.5, 0.6) is 0 Å². The number of nitrogens with zero attached hydrogens (tertiary/aromatic N) is 2. The number of carbonyl (C=O) groups excluding carboxylic acids is 1. The molecule has 0 unspecified atom stereocenters. The van der Waals surface area contributed by atoms with Crippen molar-refractivity contribution in [2.45, 2.75) is 37.3 Å². The van der Waals surface area contributed by atoms with Gasteiger partial charge in [0.05, 0.1) is 5.60 Å². The van der Waals surface area contributed by atoms with Crippen LogP contribution in [0, 0.1) is 0 Å². The fourth-order valence-corrected chi connectivity index (χ4v) is 2.79. The highest BCUT2D eigenvalue weighted by Gasteiger charge is 2.35. The second kappa shape index (κ2) is 7.51. The van der Waals surface area contributed by atoms with E-state index in [1.165, 1.54) is 0 Å². The second-order valence-electron chi connectivity index (χ2n) is 6.22. The Balaban J connectivity index is 1.82. The third kappa shape index (κ3) is 4.64. The van der Waals surface area contributed by atoms with Crippen molar-refractivity contribution in [3.05, 3.63) is 42.2 Å². The molecule has 0 bridgehead atoms. The lowest BCUT2D eigenvalue weighted by molar-refractivity contribution is -0.118. The smallest absolute Gasteiger partial charge is 0.243 e. The summed E-state index contributed by atoms with van der Waals surface area (Å²) in [7, 11) is 3.92. The van der Waals surface area contributed by atoms with E-state index in [1.54, 1.807) is 18.5 Å². The van der Waals surface area contributed by atoms with Gasteiger partial charge in [-0.15, -0.1) is 0 Å². The van der Waals surface area contributed by atoms with Gasteiger partial charge in [0, 0.05) is 36.6 Å². The van der Waals surface area contributed by atoms with Gasteiger partial charge in [0.25, 0.3) is 0 Å². The highest BCUT2D eigenvalue weighted by Crippen LogP contribution is 2.36. The molecule has 1 heterocycles. The summed E-state index contributed by atoms with van der Waals surface area (Å²) in [4.78, 5) is 17.9. The van der Waals surface area contributed by atoms with Crippen molar-refractivity contribution in [2.75, 3.05) is 20.6 Å². The molecule has 0 aromatic carbocycles. The molecule has 0 saturated heterocycles. The first kappa shape index (κ1) is 16.6. The summed E-state index contributed by atoms with van der Waals surface area (Å²) in [6.07, 6.45) is 9.71. The lowest BCUT2D eigenvalue weighted by atomic mass is 9.78. The van der Waals surface area contributed by atoms with Gasteiger partial charge in [0.2, 0.25) is 5.91 Å². The van der Waals surface area contributed by atoms with Gasteiger partial charge < -0.3 is 15.3 Å². The van der Waals surface area contributed by atoms with Crippen LogP contribution in [0.4, 0.5) is 0 Å². The number of amides is 1. The van der Waals surface area contributed by atoms with Gasteiger partial charge in [-0.2, -0.15) is 0 Å². The zero-order valence-corrected chi connectivity index (χ0v) is 13.3. The maximum Gasteiger partial charge on any atom is 0.243 e. The Hall–Kier alpha value is -1.72. The molecule has 5 nitrogen and oxygen atoms in total. The molecule has 1 aromatic rings. The number of nitrogens with one attached hydrogen (secondary N) is 1. The van der Waals surface area contributed by atoms with Gasteiger partial charge in [0.15, 0.2) is 0 Å². The van der Waals surface area contributed by atoms with E-state index in [1.807, 2.05) is 37.2 Å². The zero-order chi connectivity index (χ0) is 16.0. The summed E-state index contributed by atoms with van der Waals surface area (Å²) in [5.41, 5.74) is 0.0571. The van der Waals surface area contributed by atoms with Crippen molar-refractivity contribution in [3.8, 4) is 0 Å². The molecule has 0 radical (unpaired) electrons. The highest BCUT2D eigenvalue weighted by atomic mass is 16.3. The van der Waals surface area contributed by atoms with Crippen LogP contribution >= 0.6 is 0 Å². The first-order chi connectivity index (χ1) is 10.5. The van der Waals surface area contributed by atoms with E-state index in [4.69, 9.17) is 0 Å². The molecule has 1 aliphatic rings. The van der Waals surface area contributed by atoms with E-state index in [0.717, 1.165) is 24.9 Å². The van der Waals surface area contributed by atoms with Crippen LogP contribution in [0.15, 0.2) is 36.7 Å². The molecule has 120 valence electrons. The number of hydrogen-bond acceptors (Lipinski definition) is 4. The van der Waals surface area contributed by atoms with Crippen molar-refractivity contribution < 1.29 is 9.90 Å². The molecular weight excluding hydrogens is 278 g/mol. The number of likely N-dealkylation sites (N-methyl/N-ethyl adjacent to an activating group) is 1. The van der Waals surface area contributed by atoms with Crippen LogP contribution in [0.3, 0.4) is 0 Å². The van der Waals surface area contributed by atoms with Gasteiger partial charge >= 0.3 is 0 Å². The average Bonchev–Trinajstić information content (AvgIpc) is 2.50. The van der Waals surface area contributed by atoms with Crippen molar-refractivity contribution in [1.29, 1.82) is 0 Å². The lowest BCUT2D eigenvalue weighted by Gasteiger charge is -2.36.